The molecule has 0 amide bonds. The average molecular weight is 262 g/mol. The van der Waals surface area contributed by atoms with Crippen molar-refractivity contribution in [2.45, 2.75) is 58.9 Å². The number of nitrogens with one attached hydrogen (secondary N) is 2. The summed E-state index contributed by atoms with van der Waals surface area (Å²) < 4.78 is 0. The minimum atomic E-state index is 0.357. The SMILES string of the molecule is CCCc1nc(NC)cc(NC2CCCC2(C)C)n1. The highest BCUT2D eigenvalue weighted by Gasteiger charge is 2.34. The van der Waals surface area contributed by atoms with Gasteiger partial charge in [-0.2, -0.15) is 0 Å². The Labute approximate surface area is 116 Å². The standard InChI is InChI=1S/C15H26N4/c1-5-7-12-18-13(16-4)10-14(19-12)17-11-8-6-9-15(11,2)3/h10-11H,5-9H2,1-4H3,(H2,16,17,18,19). The summed E-state index contributed by atoms with van der Waals surface area (Å²) in [7, 11) is 1.90. The van der Waals surface area contributed by atoms with Crippen molar-refractivity contribution in [3.63, 3.8) is 0 Å². The highest BCUT2D eigenvalue weighted by Crippen LogP contribution is 2.38. The van der Waals surface area contributed by atoms with Crippen LogP contribution in [0.1, 0.15) is 52.3 Å². The second-order valence-corrected chi connectivity index (χ2v) is 6.13. The minimum Gasteiger partial charge on any atom is -0.373 e. The number of hydrogen-bond donors (Lipinski definition) is 2. The van der Waals surface area contributed by atoms with Crippen LogP contribution in [-0.2, 0) is 6.42 Å². The van der Waals surface area contributed by atoms with E-state index in [4.69, 9.17) is 0 Å². The third kappa shape index (κ3) is 3.37. The molecule has 1 aliphatic carbocycles. The van der Waals surface area contributed by atoms with E-state index in [2.05, 4.69) is 41.4 Å². The molecule has 19 heavy (non-hydrogen) atoms. The first-order valence-electron chi connectivity index (χ1n) is 7.37. The van der Waals surface area contributed by atoms with Crippen LogP contribution in [0.3, 0.4) is 0 Å². The Balaban J connectivity index is 2.17. The quantitative estimate of drug-likeness (QED) is 0.853. The van der Waals surface area contributed by atoms with Crippen molar-refractivity contribution in [1.29, 1.82) is 0 Å². The van der Waals surface area contributed by atoms with E-state index in [0.717, 1.165) is 30.3 Å². The molecule has 1 fully saturated rings. The van der Waals surface area contributed by atoms with Crippen molar-refractivity contribution >= 4 is 11.6 Å². The first-order chi connectivity index (χ1) is 9.05. The third-order valence-corrected chi connectivity index (χ3v) is 4.08. The topological polar surface area (TPSA) is 49.8 Å². The Bertz CT molecular complexity index is 428. The molecule has 2 N–H and O–H groups in total. The van der Waals surface area contributed by atoms with E-state index in [9.17, 15) is 0 Å². The molecule has 1 aromatic heterocycles. The second kappa shape index (κ2) is 5.76. The van der Waals surface area contributed by atoms with Crippen LogP contribution in [0.25, 0.3) is 0 Å². The van der Waals surface area contributed by atoms with Gasteiger partial charge in [0.05, 0.1) is 0 Å². The Morgan fingerprint density at radius 2 is 2.05 bits per heavy atom. The first kappa shape index (κ1) is 14.1. The summed E-state index contributed by atoms with van der Waals surface area (Å²) in [5.41, 5.74) is 0.357. The van der Waals surface area contributed by atoms with Crippen molar-refractivity contribution in [1.82, 2.24) is 9.97 Å². The van der Waals surface area contributed by atoms with Crippen molar-refractivity contribution in [3.8, 4) is 0 Å². The summed E-state index contributed by atoms with van der Waals surface area (Å²) in [6, 6.07) is 2.52. The van der Waals surface area contributed by atoms with Crippen LogP contribution in [0.2, 0.25) is 0 Å². The molecular formula is C15H26N4. The van der Waals surface area contributed by atoms with Crippen LogP contribution >= 0.6 is 0 Å². The summed E-state index contributed by atoms with van der Waals surface area (Å²) in [5, 5.41) is 6.73. The zero-order valence-electron chi connectivity index (χ0n) is 12.6. The fourth-order valence-corrected chi connectivity index (χ4v) is 2.81. The lowest BCUT2D eigenvalue weighted by Crippen LogP contribution is -2.31. The highest BCUT2D eigenvalue weighted by molar-refractivity contribution is 5.48. The molecule has 106 valence electrons. The minimum absolute atomic E-state index is 0.357. The normalized spacial score (nSPS) is 21.4. The van der Waals surface area contributed by atoms with E-state index >= 15 is 0 Å². The van der Waals surface area contributed by atoms with Gasteiger partial charge in [0.2, 0.25) is 0 Å². The van der Waals surface area contributed by atoms with E-state index in [0.29, 0.717) is 11.5 Å². The molecule has 0 aromatic carbocycles. The average Bonchev–Trinajstić information content (AvgIpc) is 2.69. The van der Waals surface area contributed by atoms with Gasteiger partial charge in [0.25, 0.3) is 0 Å². The molecule has 1 saturated carbocycles. The van der Waals surface area contributed by atoms with Gasteiger partial charge in [-0.3, -0.25) is 0 Å². The lowest BCUT2D eigenvalue weighted by atomic mass is 9.87. The molecule has 1 aliphatic rings. The second-order valence-electron chi connectivity index (χ2n) is 6.13. The molecule has 0 saturated heterocycles. The molecule has 1 unspecified atom stereocenters. The maximum Gasteiger partial charge on any atom is 0.133 e. The van der Waals surface area contributed by atoms with Gasteiger partial charge in [-0.05, 0) is 24.7 Å². The molecule has 4 heteroatoms. The van der Waals surface area contributed by atoms with Crippen molar-refractivity contribution < 1.29 is 0 Å². The Hall–Kier alpha value is -1.32. The van der Waals surface area contributed by atoms with Crippen LogP contribution in [0.4, 0.5) is 11.6 Å². The number of nitrogens with zero attached hydrogens (tertiary/aromatic N) is 2. The van der Waals surface area contributed by atoms with Gasteiger partial charge >= 0.3 is 0 Å². The molecule has 2 rings (SSSR count). The Morgan fingerprint density at radius 3 is 2.63 bits per heavy atom. The molecule has 0 spiro atoms. The van der Waals surface area contributed by atoms with Crippen molar-refractivity contribution in [3.05, 3.63) is 11.9 Å². The van der Waals surface area contributed by atoms with Crippen LogP contribution in [0, 0.1) is 5.41 Å². The number of aryl methyl sites for hydroxylation is 1. The van der Waals surface area contributed by atoms with Gasteiger partial charge in [0.1, 0.15) is 17.5 Å². The van der Waals surface area contributed by atoms with Crippen molar-refractivity contribution in [2.24, 2.45) is 5.41 Å². The van der Waals surface area contributed by atoms with Crippen molar-refractivity contribution in [2.75, 3.05) is 17.7 Å². The molecule has 1 atom stereocenters. The largest absolute Gasteiger partial charge is 0.373 e. The molecule has 4 nitrogen and oxygen atoms in total. The van der Waals surface area contributed by atoms with E-state index < -0.39 is 0 Å². The number of aromatic nitrogens is 2. The van der Waals surface area contributed by atoms with Gasteiger partial charge in [-0.25, -0.2) is 9.97 Å². The molecule has 0 aliphatic heterocycles. The zero-order valence-corrected chi connectivity index (χ0v) is 12.6. The molecule has 1 heterocycles. The zero-order chi connectivity index (χ0) is 13.9. The first-order valence-corrected chi connectivity index (χ1v) is 7.37. The number of hydrogen-bond acceptors (Lipinski definition) is 4. The van der Waals surface area contributed by atoms with Gasteiger partial charge < -0.3 is 10.6 Å². The van der Waals surface area contributed by atoms with Gasteiger partial charge in [0, 0.05) is 25.6 Å². The number of anilines is 2. The monoisotopic (exact) mass is 262 g/mol. The fraction of sp³-hybridized carbons (Fsp3) is 0.733. The highest BCUT2D eigenvalue weighted by atomic mass is 15.1. The molecule has 0 radical (unpaired) electrons. The summed E-state index contributed by atoms with van der Waals surface area (Å²) >= 11 is 0. The summed E-state index contributed by atoms with van der Waals surface area (Å²) in [4.78, 5) is 9.13. The smallest absolute Gasteiger partial charge is 0.133 e. The fourth-order valence-electron chi connectivity index (χ4n) is 2.81. The lowest BCUT2D eigenvalue weighted by molar-refractivity contribution is 0.349. The van der Waals surface area contributed by atoms with Gasteiger partial charge in [0.15, 0.2) is 0 Å². The molecule has 1 aromatic rings. The summed E-state index contributed by atoms with van der Waals surface area (Å²) in [5.74, 6) is 2.78. The Kier molecular flexibility index (Phi) is 4.27. The van der Waals surface area contributed by atoms with Crippen LogP contribution in [0.5, 0.6) is 0 Å². The summed E-state index contributed by atoms with van der Waals surface area (Å²) in [6.45, 7) is 6.83. The van der Waals surface area contributed by atoms with Gasteiger partial charge in [-0.15, -0.1) is 0 Å². The predicted octanol–water partition coefficient (Wildman–Crippen LogP) is 3.46. The van der Waals surface area contributed by atoms with E-state index in [1.165, 1.54) is 19.3 Å². The maximum atomic E-state index is 4.64. The summed E-state index contributed by atoms with van der Waals surface area (Å²) in [6.07, 6.45) is 5.82. The molecule has 0 bridgehead atoms. The van der Waals surface area contributed by atoms with Gasteiger partial charge in [-0.1, -0.05) is 27.2 Å². The predicted molar refractivity (Wildman–Crippen MR) is 80.6 cm³/mol. The third-order valence-electron chi connectivity index (χ3n) is 4.08. The lowest BCUT2D eigenvalue weighted by Gasteiger charge is -2.28. The maximum absolute atomic E-state index is 4.64. The van der Waals surface area contributed by atoms with Crippen LogP contribution in [-0.4, -0.2) is 23.1 Å². The van der Waals surface area contributed by atoms with Crippen LogP contribution < -0.4 is 10.6 Å². The number of rotatable bonds is 5. The molecular weight excluding hydrogens is 236 g/mol. The van der Waals surface area contributed by atoms with Crippen LogP contribution in [0.15, 0.2) is 6.07 Å². The van der Waals surface area contributed by atoms with E-state index in [-0.39, 0.29) is 0 Å². The van der Waals surface area contributed by atoms with E-state index in [1.807, 2.05) is 13.1 Å². The Morgan fingerprint density at radius 1 is 1.32 bits per heavy atom. The van der Waals surface area contributed by atoms with E-state index in [1.54, 1.807) is 0 Å².